The largest absolute Gasteiger partial charge is 0.493 e. The van der Waals surface area contributed by atoms with Crippen LogP contribution in [0.25, 0.3) is 11.4 Å². The number of fused-ring (bicyclic) bond motifs is 1. The molecule has 1 aromatic heterocycles. The highest BCUT2D eigenvalue weighted by Gasteiger charge is 2.25. The van der Waals surface area contributed by atoms with E-state index in [1.54, 1.807) is 19.1 Å². The van der Waals surface area contributed by atoms with Gasteiger partial charge in [-0.15, -0.1) is 0 Å². The van der Waals surface area contributed by atoms with Crippen molar-refractivity contribution < 1.29 is 18.8 Å². The van der Waals surface area contributed by atoms with Crippen LogP contribution in [0.2, 0.25) is 0 Å². The van der Waals surface area contributed by atoms with Gasteiger partial charge in [-0.2, -0.15) is 4.98 Å². The maximum atomic E-state index is 12.9. The predicted octanol–water partition coefficient (Wildman–Crippen LogP) is 2.99. The summed E-state index contributed by atoms with van der Waals surface area (Å²) in [5.74, 6) is 1.58. The number of hydrogen-bond donors (Lipinski definition) is 0. The van der Waals surface area contributed by atoms with Crippen LogP contribution in [0.15, 0.2) is 47.0 Å². The summed E-state index contributed by atoms with van der Waals surface area (Å²) in [4.78, 5) is 18.9. The van der Waals surface area contributed by atoms with E-state index in [-0.39, 0.29) is 11.8 Å². The van der Waals surface area contributed by atoms with Gasteiger partial charge in [0.25, 0.3) is 0 Å². The molecule has 0 spiro atoms. The number of amides is 1. The number of benzene rings is 2. The quantitative estimate of drug-likeness (QED) is 0.694. The average molecular weight is 379 g/mol. The van der Waals surface area contributed by atoms with Crippen molar-refractivity contribution in [2.24, 2.45) is 0 Å². The molecule has 7 nitrogen and oxygen atoms in total. The van der Waals surface area contributed by atoms with Crippen LogP contribution in [0.4, 0.5) is 0 Å². The second kappa shape index (κ2) is 7.72. The molecule has 0 saturated heterocycles. The Kier molecular flexibility index (Phi) is 4.97. The lowest BCUT2D eigenvalue weighted by Gasteiger charge is -2.17. The maximum Gasteiger partial charge on any atom is 0.316 e. The molecule has 0 saturated carbocycles. The Morgan fingerprint density at radius 2 is 1.61 bits per heavy atom. The Morgan fingerprint density at radius 1 is 1.00 bits per heavy atom. The molecule has 28 heavy (non-hydrogen) atoms. The van der Waals surface area contributed by atoms with Gasteiger partial charge in [-0.3, -0.25) is 4.79 Å². The lowest BCUT2D eigenvalue weighted by molar-refractivity contribution is 0.0713. The Labute approximate surface area is 162 Å². The number of aromatic nitrogens is 2. The smallest absolute Gasteiger partial charge is 0.316 e. The first-order valence-electron chi connectivity index (χ1n) is 9.11. The third-order valence-electron chi connectivity index (χ3n) is 4.94. The molecule has 2 heterocycles. The molecule has 0 fully saturated rings. The van der Waals surface area contributed by atoms with E-state index in [4.69, 9.17) is 14.0 Å². The van der Waals surface area contributed by atoms with Gasteiger partial charge in [0.15, 0.2) is 11.5 Å². The first kappa shape index (κ1) is 18.0. The SMILES string of the molecule is COc1cc2c(cc1OC)CCN(C(=O)c1nc(-c3ccccc3)no1)CC2. The summed E-state index contributed by atoms with van der Waals surface area (Å²) in [6, 6.07) is 13.4. The van der Waals surface area contributed by atoms with E-state index < -0.39 is 0 Å². The van der Waals surface area contributed by atoms with Crippen molar-refractivity contribution in [1.29, 1.82) is 0 Å². The van der Waals surface area contributed by atoms with E-state index in [0.29, 0.717) is 30.4 Å². The molecule has 4 rings (SSSR count). The molecule has 0 radical (unpaired) electrons. The summed E-state index contributed by atoms with van der Waals surface area (Å²) < 4.78 is 16.0. The molecule has 3 aromatic rings. The number of methoxy groups -OCH3 is 2. The number of nitrogens with zero attached hydrogens (tertiary/aromatic N) is 3. The Hall–Kier alpha value is -3.35. The summed E-state index contributed by atoms with van der Waals surface area (Å²) in [7, 11) is 3.24. The number of hydrogen-bond acceptors (Lipinski definition) is 6. The molecule has 1 amide bonds. The predicted molar refractivity (Wildman–Crippen MR) is 103 cm³/mol. The molecule has 2 aromatic carbocycles. The van der Waals surface area contributed by atoms with Crippen LogP contribution in [0.1, 0.15) is 21.8 Å². The van der Waals surface area contributed by atoms with Crippen LogP contribution in [-0.2, 0) is 12.8 Å². The van der Waals surface area contributed by atoms with Crippen molar-refractivity contribution in [3.05, 3.63) is 59.5 Å². The van der Waals surface area contributed by atoms with E-state index >= 15 is 0 Å². The number of rotatable bonds is 4. The molecule has 0 unspecified atom stereocenters. The van der Waals surface area contributed by atoms with Crippen molar-refractivity contribution in [2.75, 3.05) is 27.3 Å². The minimum absolute atomic E-state index is 0.0139. The summed E-state index contributed by atoms with van der Waals surface area (Å²) in [5.41, 5.74) is 3.12. The van der Waals surface area contributed by atoms with E-state index in [2.05, 4.69) is 10.1 Å². The molecule has 0 N–H and O–H groups in total. The summed E-state index contributed by atoms with van der Waals surface area (Å²) in [6.45, 7) is 1.15. The van der Waals surface area contributed by atoms with Crippen molar-refractivity contribution in [1.82, 2.24) is 15.0 Å². The van der Waals surface area contributed by atoms with Gasteiger partial charge in [-0.1, -0.05) is 35.5 Å². The van der Waals surface area contributed by atoms with Crippen LogP contribution < -0.4 is 9.47 Å². The zero-order valence-corrected chi connectivity index (χ0v) is 15.8. The molecule has 0 aliphatic carbocycles. The van der Waals surface area contributed by atoms with E-state index in [1.807, 2.05) is 42.5 Å². The minimum atomic E-state index is -0.249. The van der Waals surface area contributed by atoms with Gasteiger partial charge in [0.1, 0.15) is 0 Å². The van der Waals surface area contributed by atoms with E-state index in [1.165, 1.54) is 0 Å². The van der Waals surface area contributed by atoms with Crippen LogP contribution in [-0.4, -0.2) is 48.3 Å². The van der Waals surface area contributed by atoms with Gasteiger partial charge in [-0.25, -0.2) is 0 Å². The summed E-state index contributed by atoms with van der Waals surface area (Å²) in [5, 5.41) is 3.94. The lowest BCUT2D eigenvalue weighted by Crippen LogP contribution is -2.33. The normalized spacial score (nSPS) is 13.6. The highest BCUT2D eigenvalue weighted by atomic mass is 16.5. The van der Waals surface area contributed by atoms with Crippen LogP contribution in [0.3, 0.4) is 0 Å². The lowest BCUT2D eigenvalue weighted by atomic mass is 10.0. The second-order valence-corrected chi connectivity index (χ2v) is 6.56. The van der Waals surface area contributed by atoms with Gasteiger partial charge >= 0.3 is 11.8 Å². The molecule has 7 heteroatoms. The Balaban J connectivity index is 1.52. The third kappa shape index (κ3) is 3.43. The van der Waals surface area contributed by atoms with Crippen molar-refractivity contribution in [3.63, 3.8) is 0 Å². The maximum absolute atomic E-state index is 12.9. The minimum Gasteiger partial charge on any atom is -0.493 e. The highest BCUT2D eigenvalue weighted by Crippen LogP contribution is 2.32. The summed E-state index contributed by atoms with van der Waals surface area (Å²) >= 11 is 0. The number of carbonyl (C=O) groups excluding carboxylic acids is 1. The molecular weight excluding hydrogens is 358 g/mol. The van der Waals surface area contributed by atoms with Gasteiger partial charge in [-0.05, 0) is 36.1 Å². The fraction of sp³-hybridized carbons (Fsp3) is 0.286. The van der Waals surface area contributed by atoms with E-state index in [9.17, 15) is 4.79 Å². The number of ether oxygens (including phenoxy) is 2. The monoisotopic (exact) mass is 379 g/mol. The first-order chi connectivity index (χ1) is 13.7. The molecule has 1 aliphatic rings. The van der Waals surface area contributed by atoms with Crippen molar-refractivity contribution >= 4 is 5.91 Å². The van der Waals surface area contributed by atoms with Crippen LogP contribution in [0.5, 0.6) is 11.5 Å². The topological polar surface area (TPSA) is 77.7 Å². The van der Waals surface area contributed by atoms with E-state index in [0.717, 1.165) is 29.5 Å². The average Bonchev–Trinajstić information content (AvgIpc) is 3.15. The Morgan fingerprint density at radius 3 is 2.18 bits per heavy atom. The zero-order chi connectivity index (χ0) is 19.5. The standard InChI is InChI=1S/C21H21N3O4/c1-26-17-12-15-8-10-24(11-9-16(15)13-18(17)27-2)21(25)20-22-19(23-28-20)14-6-4-3-5-7-14/h3-7,12-13H,8-11H2,1-2H3. The van der Waals surface area contributed by atoms with Gasteiger partial charge < -0.3 is 18.9 Å². The molecular formula is C21H21N3O4. The molecule has 0 atom stereocenters. The fourth-order valence-corrected chi connectivity index (χ4v) is 3.40. The Bertz CT molecular complexity index is 950. The first-order valence-corrected chi connectivity index (χ1v) is 9.11. The van der Waals surface area contributed by atoms with Gasteiger partial charge in [0.2, 0.25) is 5.82 Å². The zero-order valence-electron chi connectivity index (χ0n) is 15.8. The van der Waals surface area contributed by atoms with Crippen LogP contribution in [0, 0.1) is 0 Å². The molecule has 144 valence electrons. The van der Waals surface area contributed by atoms with Crippen molar-refractivity contribution in [3.8, 4) is 22.9 Å². The summed E-state index contributed by atoms with van der Waals surface area (Å²) in [6.07, 6.45) is 1.45. The highest BCUT2D eigenvalue weighted by molar-refractivity contribution is 5.90. The molecule has 1 aliphatic heterocycles. The number of carbonyl (C=O) groups is 1. The molecule has 0 bridgehead atoms. The second-order valence-electron chi connectivity index (χ2n) is 6.56. The fourth-order valence-electron chi connectivity index (χ4n) is 3.40. The van der Waals surface area contributed by atoms with Gasteiger partial charge in [0, 0.05) is 18.7 Å². The van der Waals surface area contributed by atoms with Crippen LogP contribution >= 0.6 is 0 Å². The third-order valence-corrected chi connectivity index (χ3v) is 4.94. The van der Waals surface area contributed by atoms with Crippen molar-refractivity contribution in [2.45, 2.75) is 12.8 Å². The van der Waals surface area contributed by atoms with Gasteiger partial charge in [0.05, 0.1) is 14.2 Å².